The highest BCUT2D eigenvalue weighted by atomic mass is 31.2. The molecule has 1 unspecified atom stereocenters. The molecule has 5 heteroatoms. The van der Waals surface area contributed by atoms with Crippen LogP contribution in [0.4, 0.5) is 0 Å². The third kappa shape index (κ3) is 2.84. The Kier molecular flexibility index (Phi) is 3.78. The number of rotatable bonds is 4. The van der Waals surface area contributed by atoms with Crippen LogP contribution in [0.25, 0.3) is 6.08 Å². The van der Waals surface area contributed by atoms with Crippen LogP contribution in [0.5, 0.6) is 0 Å². The maximum absolute atomic E-state index is 12.6. The molecule has 0 aliphatic heterocycles. The Morgan fingerprint density at radius 3 is 2.76 bits per heavy atom. The van der Waals surface area contributed by atoms with Crippen LogP contribution in [0, 0.1) is 0 Å². The van der Waals surface area contributed by atoms with Gasteiger partial charge in [-0.25, -0.2) is 4.57 Å². The highest BCUT2D eigenvalue weighted by Crippen LogP contribution is 2.57. The van der Waals surface area contributed by atoms with Gasteiger partial charge in [-0.3, -0.25) is 0 Å². The molecule has 0 fully saturated rings. The fraction of sp³-hybridized carbons (Fsp3) is 0.250. The molecular weight excluding hydrogens is 299 g/mol. The molecule has 2 aliphatic carbocycles. The van der Waals surface area contributed by atoms with E-state index in [1.165, 1.54) is 0 Å². The van der Waals surface area contributed by atoms with E-state index in [0.29, 0.717) is 23.9 Å². The molecule has 0 saturated carbocycles. The van der Waals surface area contributed by atoms with Crippen molar-refractivity contribution >= 4 is 22.5 Å². The maximum Gasteiger partial charge on any atom is 0.404 e. The Morgan fingerprint density at radius 2 is 2.05 bits per heavy atom. The Balaban J connectivity index is 1.84. The van der Waals surface area contributed by atoms with Crippen molar-refractivity contribution in [3.63, 3.8) is 0 Å². The minimum atomic E-state index is -3.77. The van der Waals surface area contributed by atoms with Crippen LogP contribution < -0.4 is 0 Å². The lowest BCUT2D eigenvalue weighted by molar-refractivity contribution is 0.327. The highest BCUT2D eigenvalue weighted by molar-refractivity contribution is 7.57. The fourth-order valence-electron chi connectivity index (χ4n) is 2.67. The first-order valence-corrected chi connectivity index (χ1v) is 11.1. The highest BCUT2D eigenvalue weighted by Gasteiger charge is 2.33. The van der Waals surface area contributed by atoms with Crippen molar-refractivity contribution in [3.8, 4) is 0 Å². The zero-order chi connectivity index (χ0) is 15.0. The molecule has 0 aromatic heterocycles. The third-order valence-corrected chi connectivity index (χ3v) is 6.78. The van der Waals surface area contributed by atoms with Gasteiger partial charge in [0, 0.05) is 12.8 Å². The number of hydrogen-bond acceptors (Lipinski definition) is 2. The normalized spacial score (nSPS) is 19.7. The first kappa shape index (κ1) is 14.6. The fourth-order valence-corrected chi connectivity index (χ4v) is 5.18. The van der Waals surface area contributed by atoms with Gasteiger partial charge in [-0.05, 0) is 22.4 Å². The molecule has 3 rings (SSSR count). The van der Waals surface area contributed by atoms with Gasteiger partial charge >= 0.3 is 7.60 Å². The Labute approximate surface area is 126 Å². The summed E-state index contributed by atoms with van der Waals surface area (Å²) in [4.78, 5) is 10.4. The largest absolute Gasteiger partial charge is 0.426 e. The summed E-state index contributed by atoms with van der Waals surface area (Å²) in [6.07, 6.45) is 6.94. The minimum Gasteiger partial charge on any atom is -0.426 e. The van der Waals surface area contributed by atoms with Gasteiger partial charge in [0.05, 0.1) is 14.1 Å². The smallest absolute Gasteiger partial charge is 0.404 e. The van der Waals surface area contributed by atoms with E-state index in [-0.39, 0.29) is 0 Å². The lowest BCUT2D eigenvalue weighted by atomic mass is 10.1. The van der Waals surface area contributed by atoms with Crippen LogP contribution in [-0.4, -0.2) is 13.7 Å². The molecule has 1 radical (unpaired) electrons. The first-order chi connectivity index (χ1) is 9.97. The lowest BCUT2D eigenvalue weighted by Crippen LogP contribution is -2.06. The maximum atomic E-state index is 12.6. The van der Waals surface area contributed by atoms with Crippen LogP contribution in [0.2, 0.25) is 13.1 Å². The molecule has 0 amide bonds. The number of benzene rings is 1. The predicted molar refractivity (Wildman–Crippen MR) is 87.3 cm³/mol. The first-order valence-electron chi connectivity index (χ1n) is 6.99. The van der Waals surface area contributed by atoms with Crippen molar-refractivity contribution in [1.29, 1.82) is 0 Å². The van der Waals surface area contributed by atoms with E-state index >= 15 is 0 Å². The van der Waals surface area contributed by atoms with Crippen molar-refractivity contribution in [3.05, 3.63) is 63.8 Å². The number of fused-ring (bicyclic) bond motifs is 1. The molecule has 109 valence electrons. The molecular formula is C16H18O3PSi. The zero-order valence-corrected chi connectivity index (χ0v) is 14.1. The van der Waals surface area contributed by atoms with E-state index in [9.17, 15) is 9.46 Å². The average molecular weight is 317 g/mol. The van der Waals surface area contributed by atoms with Crippen molar-refractivity contribution in [2.45, 2.75) is 25.9 Å². The molecule has 21 heavy (non-hydrogen) atoms. The van der Waals surface area contributed by atoms with Crippen LogP contribution in [0.15, 0.2) is 52.7 Å². The van der Waals surface area contributed by atoms with Crippen LogP contribution >= 0.6 is 7.60 Å². The Morgan fingerprint density at radius 1 is 1.29 bits per heavy atom. The summed E-state index contributed by atoms with van der Waals surface area (Å²) < 4.78 is 18.2. The summed E-state index contributed by atoms with van der Waals surface area (Å²) in [7, 11) is -4.46. The predicted octanol–water partition coefficient (Wildman–Crippen LogP) is 4.29. The van der Waals surface area contributed by atoms with Crippen molar-refractivity contribution < 1.29 is 14.0 Å². The minimum absolute atomic E-state index is 0.489. The molecule has 2 aliphatic rings. The van der Waals surface area contributed by atoms with E-state index in [0.717, 1.165) is 16.3 Å². The molecule has 1 aromatic carbocycles. The average Bonchev–Trinajstić information content (AvgIpc) is 3.04. The van der Waals surface area contributed by atoms with Crippen LogP contribution in [-0.2, 0) is 15.5 Å². The monoisotopic (exact) mass is 317 g/mol. The van der Waals surface area contributed by atoms with Gasteiger partial charge in [-0.1, -0.05) is 49.5 Å². The summed E-state index contributed by atoms with van der Waals surface area (Å²) in [5, 5.41) is 1.61. The van der Waals surface area contributed by atoms with Crippen molar-refractivity contribution in [2.24, 2.45) is 0 Å². The van der Waals surface area contributed by atoms with Gasteiger partial charge in [-0.2, -0.15) is 0 Å². The zero-order valence-electron chi connectivity index (χ0n) is 12.2. The van der Waals surface area contributed by atoms with Gasteiger partial charge in [0.2, 0.25) is 0 Å². The molecule has 0 bridgehead atoms. The SMILES string of the molecule is C[Si](C)C1=C(OP(=O)(O)C2=Cc3ccccc3C2)CC=C1. The van der Waals surface area contributed by atoms with Gasteiger partial charge in [-0.15, -0.1) is 0 Å². The van der Waals surface area contributed by atoms with Gasteiger partial charge in [0.1, 0.15) is 5.76 Å². The lowest BCUT2D eigenvalue weighted by Gasteiger charge is -2.17. The molecule has 0 heterocycles. The Hall–Kier alpha value is -1.35. The molecule has 1 atom stereocenters. The van der Waals surface area contributed by atoms with E-state index in [1.807, 2.05) is 36.4 Å². The quantitative estimate of drug-likeness (QED) is 0.665. The van der Waals surface area contributed by atoms with Crippen LogP contribution in [0.1, 0.15) is 17.5 Å². The summed E-state index contributed by atoms with van der Waals surface area (Å²) in [5.41, 5.74) is 2.10. The van der Waals surface area contributed by atoms with E-state index in [2.05, 4.69) is 13.1 Å². The second-order valence-electron chi connectivity index (χ2n) is 5.57. The van der Waals surface area contributed by atoms with Crippen molar-refractivity contribution in [1.82, 2.24) is 0 Å². The second kappa shape index (κ2) is 5.45. The molecule has 0 saturated heterocycles. The summed E-state index contributed by atoms with van der Waals surface area (Å²) in [6.45, 7) is 4.32. The summed E-state index contributed by atoms with van der Waals surface area (Å²) in [5.74, 6) is 0.677. The molecule has 1 N–H and O–H groups in total. The molecule has 0 spiro atoms. The van der Waals surface area contributed by atoms with Crippen LogP contribution in [0.3, 0.4) is 0 Å². The standard InChI is InChI=1S/C16H18O3PSi/c1-21(2)16-9-5-8-15(16)19-20(17,18)14-10-12-6-3-4-7-13(12)11-14/h3-7,9-10H,8,11H2,1-2H3,(H,17,18). The Bertz CT molecular complexity index is 716. The van der Waals surface area contributed by atoms with E-state index in [4.69, 9.17) is 4.52 Å². The van der Waals surface area contributed by atoms with Crippen molar-refractivity contribution in [2.75, 3.05) is 0 Å². The molecule has 3 nitrogen and oxygen atoms in total. The third-order valence-electron chi connectivity index (χ3n) is 3.77. The topological polar surface area (TPSA) is 46.5 Å². The van der Waals surface area contributed by atoms with Gasteiger partial charge in [0.15, 0.2) is 0 Å². The molecule has 1 aromatic rings. The summed E-state index contributed by atoms with van der Waals surface area (Å²) in [6, 6.07) is 7.83. The number of allylic oxidation sites excluding steroid dienone is 4. The number of hydrogen-bond donors (Lipinski definition) is 1. The summed E-state index contributed by atoms with van der Waals surface area (Å²) >= 11 is 0. The van der Waals surface area contributed by atoms with Gasteiger partial charge in [0.25, 0.3) is 0 Å². The van der Waals surface area contributed by atoms with E-state index in [1.54, 1.807) is 6.08 Å². The van der Waals surface area contributed by atoms with E-state index < -0.39 is 16.4 Å². The second-order valence-corrected chi connectivity index (χ2v) is 9.90. The van der Waals surface area contributed by atoms with Gasteiger partial charge < -0.3 is 9.42 Å².